The molecule has 0 bridgehead atoms. The lowest BCUT2D eigenvalue weighted by Gasteiger charge is -2.14. The van der Waals surface area contributed by atoms with Crippen molar-refractivity contribution in [3.63, 3.8) is 0 Å². The maximum absolute atomic E-state index is 5.11. The Balaban J connectivity index is 1.33. The average Bonchev–Trinajstić information content (AvgIpc) is 3.07. The maximum atomic E-state index is 5.11. The van der Waals surface area contributed by atoms with E-state index in [0.717, 1.165) is 72.0 Å². The van der Waals surface area contributed by atoms with E-state index < -0.39 is 0 Å². The van der Waals surface area contributed by atoms with Crippen molar-refractivity contribution in [2.24, 2.45) is 0 Å². The third kappa shape index (κ3) is 4.27. The van der Waals surface area contributed by atoms with Crippen LogP contribution in [0.3, 0.4) is 0 Å². The zero-order chi connectivity index (χ0) is 27.9. The van der Waals surface area contributed by atoms with Crippen LogP contribution in [0.25, 0.3) is 77.9 Å². The number of aromatic nitrogens is 4. The van der Waals surface area contributed by atoms with E-state index in [1.807, 2.05) is 54.6 Å². The van der Waals surface area contributed by atoms with Gasteiger partial charge < -0.3 is 0 Å². The minimum atomic E-state index is 0.599. The molecular formula is C38H24N4. The molecule has 0 saturated carbocycles. The Morgan fingerprint density at radius 2 is 0.857 bits per heavy atom. The van der Waals surface area contributed by atoms with Crippen LogP contribution in [0.2, 0.25) is 0 Å². The lowest BCUT2D eigenvalue weighted by atomic mass is 9.95. The summed E-state index contributed by atoms with van der Waals surface area (Å²) in [4.78, 5) is 20.0. The summed E-state index contributed by atoms with van der Waals surface area (Å²) in [6.45, 7) is 0. The first-order valence-electron chi connectivity index (χ1n) is 14.0. The molecule has 3 heterocycles. The van der Waals surface area contributed by atoms with E-state index in [0.29, 0.717) is 5.82 Å². The molecule has 4 heteroatoms. The molecule has 8 rings (SSSR count). The lowest BCUT2D eigenvalue weighted by molar-refractivity contribution is 1.16. The van der Waals surface area contributed by atoms with Gasteiger partial charge in [0.1, 0.15) is 5.69 Å². The lowest BCUT2D eigenvalue weighted by Crippen LogP contribution is -1.98. The minimum absolute atomic E-state index is 0.599. The molecule has 0 amide bonds. The molecule has 8 aromatic rings. The van der Waals surface area contributed by atoms with Crippen LogP contribution in [0.5, 0.6) is 0 Å². The second kappa shape index (κ2) is 10.0. The molecule has 4 nitrogen and oxygen atoms in total. The van der Waals surface area contributed by atoms with Gasteiger partial charge in [-0.1, -0.05) is 115 Å². The molecule has 0 saturated heterocycles. The maximum Gasteiger partial charge on any atom is 0.179 e. The summed E-state index contributed by atoms with van der Waals surface area (Å²) in [7, 11) is 0. The quantitative estimate of drug-likeness (QED) is 0.225. The van der Waals surface area contributed by atoms with Crippen molar-refractivity contribution in [3.8, 4) is 45.3 Å². The van der Waals surface area contributed by atoms with Crippen molar-refractivity contribution < 1.29 is 0 Å². The predicted molar refractivity (Wildman–Crippen MR) is 172 cm³/mol. The Morgan fingerprint density at radius 1 is 0.333 bits per heavy atom. The number of pyridine rings is 2. The molecule has 0 N–H and O–H groups in total. The van der Waals surface area contributed by atoms with Gasteiger partial charge >= 0.3 is 0 Å². The average molecular weight is 537 g/mol. The van der Waals surface area contributed by atoms with Crippen molar-refractivity contribution >= 4 is 32.6 Å². The number of rotatable bonds is 4. The molecule has 0 spiro atoms. The van der Waals surface area contributed by atoms with Gasteiger partial charge in [-0.05, 0) is 41.1 Å². The molecule has 0 aliphatic heterocycles. The summed E-state index contributed by atoms with van der Waals surface area (Å²) in [5.41, 5.74) is 8.47. The summed E-state index contributed by atoms with van der Waals surface area (Å²) in [5, 5.41) is 4.46. The fourth-order valence-electron chi connectivity index (χ4n) is 5.61. The van der Waals surface area contributed by atoms with E-state index in [2.05, 4.69) is 91.0 Å². The van der Waals surface area contributed by atoms with E-state index in [9.17, 15) is 0 Å². The van der Waals surface area contributed by atoms with E-state index in [4.69, 9.17) is 19.9 Å². The topological polar surface area (TPSA) is 51.6 Å². The molecule has 0 atom stereocenters. The molecule has 3 aromatic heterocycles. The highest BCUT2D eigenvalue weighted by molar-refractivity contribution is 6.04. The van der Waals surface area contributed by atoms with Gasteiger partial charge in [-0.3, -0.25) is 0 Å². The second-order valence-electron chi connectivity index (χ2n) is 10.3. The number of nitrogens with zero attached hydrogens (tertiary/aromatic N) is 4. The fraction of sp³-hybridized carbons (Fsp3) is 0. The van der Waals surface area contributed by atoms with Crippen LogP contribution in [-0.4, -0.2) is 19.9 Å². The van der Waals surface area contributed by atoms with Gasteiger partial charge in [0.05, 0.1) is 28.1 Å². The Kier molecular flexibility index (Phi) is 5.75. The van der Waals surface area contributed by atoms with Crippen molar-refractivity contribution in [3.05, 3.63) is 146 Å². The number of benzene rings is 5. The molecule has 0 radical (unpaired) electrons. The van der Waals surface area contributed by atoms with Gasteiger partial charge in [0.25, 0.3) is 0 Å². The molecule has 0 aliphatic carbocycles. The molecule has 0 unspecified atom stereocenters. The monoisotopic (exact) mass is 536 g/mol. The normalized spacial score (nSPS) is 11.3. The standard InChI is InChI=1S/C38H24N4/c1-2-10-25(11-3-1)36-24-37(42-38(41-36)35-23-19-27-13-5-9-17-33(27)40-35)31-21-20-30(28-14-6-7-15-29(28)31)34-22-18-26-12-4-8-16-32(26)39-34/h1-24H. The molecule has 0 fully saturated rings. The van der Waals surface area contributed by atoms with E-state index in [1.54, 1.807) is 0 Å². The summed E-state index contributed by atoms with van der Waals surface area (Å²) >= 11 is 0. The third-order valence-electron chi connectivity index (χ3n) is 7.70. The highest BCUT2D eigenvalue weighted by Crippen LogP contribution is 2.36. The number of hydrogen-bond acceptors (Lipinski definition) is 4. The van der Waals surface area contributed by atoms with Crippen molar-refractivity contribution in [1.82, 2.24) is 19.9 Å². The summed E-state index contributed by atoms with van der Waals surface area (Å²) in [6, 6.07) is 49.8. The number of para-hydroxylation sites is 2. The zero-order valence-electron chi connectivity index (χ0n) is 22.6. The van der Waals surface area contributed by atoms with Gasteiger partial charge in [0.15, 0.2) is 5.82 Å². The highest BCUT2D eigenvalue weighted by Gasteiger charge is 2.16. The Labute approximate surface area is 243 Å². The first-order valence-corrected chi connectivity index (χ1v) is 14.0. The fourth-order valence-corrected chi connectivity index (χ4v) is 5.61. The van der Waals surface area contributed by atoms with Gasteiger partial charge in [-0.25, -0.2) is 19.9 Å². The molecule has 0 aliphatic rings. The van der Waals surface area contributed by atoms with Crippen molar-refractivity contribution in [2.45, 2.75) is 0 Å². The Hall–Kier alpha value is -5.74. The van der Waals surface area contributed by atoms with Crippen LogP contribution < -0.4 is 0 Å². The molecule has 5 aromatic carbocycles. The van der Waals surface area contributed by atoms with Crippen LogP contribution in [0.15, 0.2) is 146 Å². The van der Waals surface area contributed by atoms with Crippen LogP contribution in [-0.2, 0) is 0 Å². The van der Waals surface area contributed by atoms with Gasteiger partial charge in [-0.2, -0.15) is 0 Å². The minimum Gasteiger partial charge on any atom is -0.248 e. The van der Waals surface area contributed by atoms with Crippen LogP contribution >= 0.6 is 0 Å². The number of fused-ring (bicyclic) bond motifs is 3. The third-order valence-corrected chi connectivity index (χ3v) is 7.70. The van der Waals surface area contributed by atoms with Crippen LogP contribution in [0.1, 0.15) is 0 Å². The van der Waals surface area contributed by atoms with Gasteiger partial charge in [-0.15, -0.1) is 0 Å². The smallest absolute Gasteiger partial charge is 0.179 e. The predicted octanol–water partition coefficient (Wildman–Crippen LogP) is 9.39. The Morgan fingerprint density at radius 3 is 1.55 bits per heavy atom. The summed E-state index contributed by atoms with van der Waals surface area (Å²) in [5.74, 6) is 0.599. The largest absolute Gasteiger partial charge is 0.248 e. The van der Waals surface area contributed by atoms with Crippen LogP contribution in [0.4, 0.5) is 0 Å². The van der Waals surface area contributed by atoms with Crippen molar-refractivity contribution in [1.29, 1.82) is 0 Å². The molecular weight excluding hydrogens is 512 g/mol. The molecule has 42 heavy (non-hydrogen) atoms. The Bertz CT molecular complexity index is 2260. The van der Waals surface area contributed by atoms with Crippen molar-refractivity contribution in [2.75, 3.05) is 0 Å². The van der Waals surface area contributed by atoms with E-state index >= 15 is 0 Å². The second-order valence-corrected chi connectivity index (χ2v) is 10.3. The summed E-state index contributed by atoms with van der Waals surface area (Å²) in [6.07, 6.45) is 0. The highest BCUT2D eigenvalue weighted by atomic mass is 14.9. The first-order chi connectivity index (χ1) is 20.8. The molecule has 196 valence electrons. The first kappa shape index (κ1) is 24.1. The van der Waals surface area contributed by atoms with E-state index in [1.165, 1.54) is 0 Å². The zero-order valence-corrected chi connectivity index (χ0v) is 22.6. The number of hydrogen-bond donors (Lipinski definition) is 0. The SMILES string of the molecule is c1ccc(-c2cc(-c3ccc(-c4ccc5ccccc5n4)c4ccccc34)nc(-c3ccc4ccccc4n3)n2)cc1. The van der Waals surface area contributed by atoms with E-state index in [-0.39, 0.29) is 0 Å². The summed E-state index contributed by atoms with van der Waals surface area (Å²) < 4.78 is 0. The van der Waals surface area contributed by atoms with Gasteiger partial charge in [0, 0.05) is 27.5 Å². The van der Waals surface area contributed by atoms with Gasteiger partial charge in [0.2, 0.25) is 0 Å². The van der Waals surface area contributed by atoms with Crippen LogP contribution in [0, 0.1) is 0 Å².